The molecule has 0 aromatic rings. The molecule has 1 aliphatic rings. The summed E-state index contributed by atoms with van der Waals surface area (Å²) in [5.41, 5.74) is 0. The van der Waals surface area contributed by atoms with E-state index in [1.165, 1.54) is 32.4 Å². The quantitative estimate of drug-likeness (QED) is 0.586. The van der Waals surface area contributed by atoms with Gasteiger partial charge >= 0.3 is 0 Å². The smallest absolute Gasteiger partial charge is 0.0226 e. The summed E-state index contributed by atoms with van der Waals surface area (Å²) >= 11 is 5.61. The second-order valence-corrected chi connectivity index (χ2v) is 3.05. The molecule has 1 rings (SSSR count). The summed E-state index contributed by atoms with van der Waals surface area (Å²) < 4.78 is 0. The van der Waals surface area contributed by atoms with Gasteiger partial charge in [0.25, 0.3) is 0 Å². The van der Waals surface area contributed by atoms with Crippen molar-refractivity contribution in [1.29, 1.82) is 0 Å². The van der Waals surface area contributed by atoms with Crippen LogP contribution in [0.25, 0.3) is 0 Å². The molecule has 1 saturated heterocycles. The first-order valence-corrected chi connectivity index (χ1v) is 4.23. The lowest BCUT2D eigenvalue weighted by molar-refractivity contribution is 0.367. The molecule has 0 radical (unpaired) electrons. The van der Waals surface area contributed by atoms with Crippen LogP contribution in [0, 0.1) is 5.92 Å². The lowest BCUT2D eigenvalue weighted by Crippen LogP contribution is -2.27. The van der Waals surface area contributed by atoms with Gasteiger partial charge < -0.3 is 5.32 Å². The van der Waals surface area contributed by atoms with Crippen LogP contribution in [0.4, 0.5) is 0 Å². The van der Waals surface area contributed by atoms with Gasteiger partial charge in [0, 0.05) is 5.88 Å². The molecule has 0 aromatic heterocycles. The summed E-state index contributed by atoms with van der Waals surface area (Å²) in [7, 11) is 0. The van der Waals surface area contributed by atoms with E-state index in [0.717, 1.165) is 11.8 Å². The number of hydrogen-bond donors (Lipinski definition) is 1. The molecule has 0 aliphatic carbocycles. The lowest BCUT2D eigenvalue weighted by atomic mass is 9.96. The zero-order valence-electron chi connectivity index (χ0n) is 5.70. The van der Waals surface area contributed by atoms with E-state index < -0.39 is 0 Å². The van der Waals surface area contributed by atoms with Crippen molar-refractivity contribution in [3.8, 4) is 0 Å². The van der Waals surface area contributed by atoms with Crippen LogP contribution >= 0.6 is 11.6 Å². The van der Waals surface area contributed by atoms with Crippen molar-refractivity contribution < 1.29 is 0 Å². The van der Waals surface area contributed by atoms with E-state index in [1.54, 1.807) is 0 Å². The van der Waals surface area contributed by atoms with Crippen LogP contribution in [0.3, 0.4) is 0 Å². The monoisotopic (exact) mass is 147 g/mol. The van der Waals surface area contributed by atoms with E-state index in [-0.39, 0.29) is 0 Å². The number of nitrogens with one attached hydrogen (secondary N) is 1. The SMILES string of the molecule is ClCCC1CCNCC1. The number of halogens is 1. The van der Waals surface area contributed by atoms with Crippen LogP contribution in [-0.2, 0) is 0 Å². The van der Waals surface area contributed by atoms with Crippen LogP contribution in [-0.4, -0.2) is 19.0 Å². The summed E-state index contributed by atoms with van der Waals surface area (Å²) in [6.45, 7) is 2.39. The third-order valence-corrected chi connectivity index (χ3v) is 2.19. The summed E-state index contributed by atoms with van der Waals surface area (Å²) in [5.74, 6) is 1.74. The van der Waals surface area contributed by atoms with Gasteiger partial charge in [-0.05, 0) is 38.3 Å². The Morgan fingerprint density at radius 1 is 1.33 bits per heavy atom. The molecule has 0 amide bonds. The molecule has 0 atom stereocenters. The summed E-state index contributed by atoms with van der Waals surface area (Å²) in [6.07, 6.45) is 3.86. The maximum atomic E-state index is 5.61. The minimum Gasteiger partial charge on any atom is -0.317 e. The Bertz CT molecular complexity index is 66.6. The number of piperidine rings is 1. The molecular formula is C7H14ClN. The summed E-state index contributed by atoms with van der Waals surface area (Å²) in [5, 5.41) is 3.33. The third kappa shape index (κ3) is 2.55. The van der Waals surface area contributed by atoms with Crippen LogP contribution in [0.5, 0.6) is 0 Å². The molecule has 0 spiro atoms. The Kier molecular flexibility index (Phi) is 3.37. The Labute approximate surface area is 61.8 Å². The highest BCUT2D eigenvalue weighted by atomic mass is 35.5. The molecule has 1 heterocycles. The van der Waals surface area contributed by atoms with Crippen LogP contribution in [0.15, 0.2) is 0 Å². The van der Waals surface area contributed by atoms with Crippen molar-refractivity contribution in [3.63, 3.8) is 0 Å². The van der Waals surface area contributed by atoms with Crippen molar-refractivity contribution in [2.75, 3.05) is 19.0 Å². The van der Waals surface area contributed by atoms with Crippen molar-refractivity contribution in [2.24, 2.45) is 5.92 Å². The predicted molar refractivity (Wildman–Crippen MR) is 40.9 cm³/mol. The Morgan fingerprint density at radius 2 is 2.00 bits per heavy atom. The van der Waals surface area contributed by atoms with Gasteiger partial charge in [0.05, 0.1) is 0 Å². The maximum absolute atomic E-state index is 5.61. The van der Waals surface area contributed by atoms with Gasteiger partial charge in [-0.2, -0.15) is 0 Å². The van der Waals surface area contributed by atoms with E-state index in [1.807, 2.05) is 0 Å². The van der Waals surface area contributed by atoms with E-state index in [2.05, 4.69) is 5.32 Å². The molecule has 2 heteroatoms. The van der Waals surface area contributed by atoms with Gasteiger partial charge in [0.1, 0.15) is 0 Å². The fourth-order valence-corrected chi connectivity index (χ4v) is 1.63. The van der Waals surface area contributed by atoms with Crippen LogP contribution < -0.4 is 5.32 Å². The first-order valence-electron chi connectivity index (χ1n) is 3.70. The van der Waals surface area contributed by atoms with E-state index in [0.29, 0.717) is 0 Å². The second-order valence-electron chi connectivity index (χ2n) is 2.67. The molecule has 1 nitrogen and oxygen atoms in total. The van der Waals surface area contributed by atoms with Gasteiger partial charge in [-0.25, -0.2) is 0 Å². The van der Waals surface area contributed by atoms with Gasteiger partial charge in [0.15, 0.2) is 0 Å². The zero-order valence-corrected chi connectivity index (χ0v) is 6.45. The normalized spacial score (nSPS) is 22.3. The highest BCUT2D eigenvalue weighted by Gasteiger charge is 2.10. The third-order valence-electron chi connectivity index (χ3n) is 1.98. The van der Waals surface area contributed by atoms with Crippen molar-refractivity contribution in [3.05, 3.63) is 0 Å². The highest BCUT2D eigenvalue weighted by molar-refractivity contribution is 6.17. The van der Waals surface area contributed by atoms with Crippen molar-refractivity contribution in [2.45, 2.75) is 19.3 Å². The Hall–Kier alpha value is 0.250. The fourth-order valence-electron chi connectivity index (χ4n) is 1.32. The Morgan fingerprint density at radius 3 is 2.56 bits per heavy atom. The molecule has 1 N–H and O–H groups in total. The van der Waals surface area contributed by atoms with Gasteiger partial charge in [-0.15, -0.1) is 11.6 Å². The lowest BCUT2D eigenvalue weighted by Gasteiger charge is -2.21. The van der Waals surface area contributed by atoms with Gasteiger partial charge in [-0.1, -0.05) is 0 Å². The fraction of sp³-hybridized carbons (Fsp3) is 1.00. The molecule has 0 bridgehead atoms. The van der Waals surface area contributed by atoms with Gasteiger partial charge in [0.2, 0.25) is 0 Å². The van der Waals surface area contributed by atoms with Gasteiger partial charge in [-0.3, -0.25) is 0 Å². The first-order chi connectivity index (χ1) is 4.43. The van der Waals surface area contributed by atoms with Crippen molar-refractivity contribution in [1.82, 2.24) is 5.32 Å². The molecule has 0 saturated carbocycles. The highest BCUT2D eigenvalue weighted by Crippen LogP contribution is 2.15. The van der Waals surface area contributed by atoms with Crippen molar-refractivity contribution >= 4 is 11.6 Å². The molecule has 9 heavy (non-hydrogen) atoms. The number of rotatable bonds is 2. The maximum Gasteiger partial charge on any atom is 0.0226 e. The minimum atomic E-state index is 0.838. The van der Waals surface area contributed by atoms with E-state index in [4.69, 9.17) is 11.6 Å². The topological polar surface area (TPSA) is 12.0 Å². The average Bonchev–Trinajstić information content (AvgIpc) is 1.91. The minimum absolute atomic E-state index is 0.838. The van der Waals surface area contributed by atoms with E-state index in [9.17, 15) is 0 Å². The first kappa shape index (κ1) is 7.36. The molecule has 0 aromatic carbocycles. The second kappa shape index (κ2) is 4.13. The Balaban J connectivity index is 2.08. The molecular weight excluding hydrogens is 134 g/mol. The van der Waals surface area contributed by atoms with Crippen LogP contribution in [0.2, 0.25) is 0 Å². The van der Waals surface area contributed by atoms with E-state index >= 15 is 0 Å². The molecule has 0 unspecified atom stereocenters. The molecule has 1 fully saturated rings. The summed E-state index contributed by atoms with van der Waals surface area (Å²) in [6, 6.07) is 0. The summed E-state index contributed by atoms with van der Waals surface area (Å²) in [4.78, 5) is 0. The number of hydrogen-bond acceptors (Lipinski definition) is 1. The number of alkyl halides is 1. The molecule has 54 valence electrons. The largest absolute Gasteiger partial charge is 0.317 e. The average molecular weight is 148 g/mol. The standard InChI is InChI=1S/C7H14ClN/c8-4-1-7-2-5-9-6-3-7/h7,9H,1-6H2. The molecule has 1 aliphatic heterocycles. The predicted octanol–water partition coefficient (Wildman–Crippen LogP) is 1.61. The van der Waals surface area contributed by atoms with Crippen LogP contribution in [0.1, 0.15) is 19.3 Å². The zero-order chi connectivity index (χ0) is 6.53.